The Morgan fingerprint density at radius 1 is 0.586 bits per heavy atom. The number of rotatable bonds is 10. The summed E-state index contributed by atoms with van der Waals surface area (Å²) in [5.41, 5.74) is 2.41. The molecular weight excluding hydrogens is 352 g/mol. The van der Waals surface area contributed by atoms with Crippen molar-refractivity contribution in [1.29, 1.82) is 0 Å². The number of nitrogens with zero attached hydrogens (tertiary/aromatic N) is 3. The van der Waals surface area contributed by atoms with Crippen LogP contribution in [-0.2, 0) is 0 Å². The Kier molecular flexibility index (Phi) is 8.85. The maximum Gasteiger partial charge on any atom is 0.318 e. The van der Waals surface area contributed by atoms with Gasteiger partial charge in [-0.15, -0.1) is 0 Å². The van der Waals surface area contributed by atoms with E-state index in [-0.39, 0.29) is 6.87 Å². The van der Waals surface area contributed by atoms with Crippen LogP contribution in [0.5, 0.6) is 0 Å². The molecule has 0 aliphatic heterocycles. The lowest BCUT2D eigenvalue weighted by Crippen LogP contribution is -2.65. The highest BCUT2D eigenvalue weighted by Crippen LogP contribution is 2.29. The summed E-state index contributed by atoms with van der Waals surface area (Å²) < 4.78 is 0. The summed E-state index contributed by atoms with van der Waals surface area (Å²) in [5.74, 6) is 0. The molecule has 29 heavy (non-hydrogen) atoms. The Morgan fingerprint density at radius 2 is 0.966 bits per heavy atom. The Morgan fingerprint density at radius 3 is 1.28 bits per heavy atom. The highest BCUT2D eigenvalue weighted by molar-refractivity contribution is 7.12. The van der Waals surface area contributed by atoms with Crippen LogP contribution >= 0.6 is 0 Å². The fraction of sp³-hybridized carbons (Fsp3) is 0.500. The minimum absolute atomic E-state index is 0.101. The fourth-order valence-corrected chi connectivity index (χ4v) is 4.21. The lowest BCUT2D eigenvalue weighted by atomic mass is 9.38. The van der Waals surface area contributed by atoms with Gasteiger partial charge in [0.15, 0.2) is 0 Å². The first kappa shape index (κ1) is 23.6. The van der Waals surface area contributed by atoms with E-state index in [1.165, 1.54) is 11.4 Å². The van der Waals surface area contributed by atoms with Crippen molar-refractivity contribution in [3.63, 3.8) is 0 Å². The predicted octanol–water partition coefficient (Wildman–Crippen LogP) is 5.67. The lowest BCUT2D eigenvalue weighted by molar-refractivity contribution is 0.295. The van der Waals surface area contributed by atoms with Crippen molar-refractivity contribution in [2.75, 3.05) is 4.81 Å². The van der Waals surface area contributed by atoms with Crippen molar-refractivity contribution >= 4 is 25.6 Å². The summed E-state index contributed by atoms with van der Waals surface area (Å²) >= 11 is 0. The molecule has 2 aromatic rings. The number of para-hydroxylation sites is 2. The maximum absolute atomic E-state index is 2.60. The largest absolute Gasteiger partial charge is 0.377 e. The summed E-state index contributed by atoms with van der Waals surface area (Å²) in [7, 11) is 2.44. The Hall–Kier alpha value is -1.71. The number of benzene rings is 2. The van der Waals surface area contributed by atoms with Crippen LogP contribution in [0, 0.1) is 0 Å². The van der Waals surface area contributed by atoms with E-state index in [4.69, 9.17) is 0 Å². The van der Waals surface area contributed by atoms with E-state index < -0.39 is 0 Å². The Bertz CT molecular complexity index is 649. The van der Waals surface area contributed by atoms with Gasteiger partial charge in [-0.25, -0.2) is 0 Å². The molecule has 0 unspecified atom stereocenters. The van der Waals surface area contributed by atoms with Crippen molar-refractivity contribution < 1.29 is 0 Å². The average Bonchev–Trinajstić information content (AvgIpc) is 2.66. The van der Waals surface area contributed by atoms with E-state index >= 15 is 0 Å². The zero-order valence-electron chi connectivity index (χ0n) is 19.6. The first-order chi connectivity index (χ1) is 13.7. The molecule has 155 valence electrons. The Balaban J connectivity index is 2.63. The van der Waals surface area contributed by atoms with Crippen LogP contribution in [0.1, 0.15) is 55.4 Å². The van der Waals surface area contributed by atoms with Crippen molar-refractivity contribution in [2.24, 2.45) is 0 Å². The van der Waals surface area contributed by atoms with Gasteiger partial charge in [0.2, 0.25) is 7.31 Å². The molecule has 0 spiro atoms. The third-order valence-electron chi connectivity index (χ3n) is 5.33. The molecule has 0 aromatic heterocycles. The second kappa shape index (κ2) is 10.9. The minimum Gasteiger partial charge on any atom is -0.377 e. The van der Waals surface area contributed by atoms with Gasteiger partial charge in [-0.1, -0.05) is 91.8 Å². The molecule has 0 aliphatic rings. The maximum atomic E-state index is 2.60. The van der Waals surface area contributed by atoms with Crippen LogP contribution in [0.2, 0.25) is 0 Å². The van der Waals surface area contributed by atoms with Crippen LogP contribution in [-0.4, -0.2) is 48.0 Å². The molecule has 3 nitrogen and oxygen atoms in total. The smallest absolute Gasteiger partial charge is 0.318 e. The second-order valence-corrected chi connectivity index (χ2v) is 8.87. The molecule has 0 bridgehead atoms. The van der Waals surface area contributed by atoms with E-state index in [0.717, 1.165) is 0 Å². The summed E-state index contributed by atoms with van der Waals surface area (Å²) in [5, 5.41) is 0. The number of anilines is 2. The van der Waals surface area contributed by atoms with E-state index in [0.29, 0.717) is 24.2 Å². The zero-order chi connectivity index (χ0) is 21.6. The second-order valence-electron chi connectivity index (χ2n) is 8.87. The molecule has 0 atom stereocenters. The van der Waals surface area contributed by atoms with E-state index in [1.807, 2.05) is 0 Å². The van der Waals surface area contributed by atoms with Gasteiger partial charge in [-0.3, -0.25) is 0 Å². The number of hydrogen-bond donors (Lipinski definition) is 0. The molecule has 2 rings (SSSR count). The molecule has 1 radical (unpaired) electrons. The molecular formula is C24H38B2N3. The summed E-state index contributed by atoms with van der Waals surface area (Å²) in [6, 6.07) is 23.2. The average molecular weight is 390 g/mol. The topological polar surface area (TPSA) is 9.72 Å². The third-order valence-corrected chi connectivity index (χ3v) is 5.33. The predicted molar refractivity (Wildman–Crippen MR) is 131 cm³/mol. The van der Waals surface area contributed by atoms with Gasteiger partial charge in [0, 0.05) is 11.4 Å². The van der Waals surface area contributed by atoms with Gasteiger partial charge in [-0.2, -0.15) is 0 Å². The Labute approximate surface area is 180 Å². The first-order valence-corrected chi connectivity index (χ1v) is 11.0. The van der Waals surface area contributed by atoms with Crippen molar-refractivity contribution in [3.8, 4) is 0 Å². The monoisotopic (exact) mass is 390 g/mol. The van der Waals surface area contributed by atoms with Gasteiger partial charge in [0.25, 0.3) is 0 Å². The van der Waals surface area contributed by atoms with Gasteiger partial charge < -0.3 is 14.4 Å². The standard InChI is InChI=1S/C24H38B2N3/c1-19(2)27(20(3)4)25-26(28(21(5)6)22(7)8)29(23-15-11-9-12-16-23)24-17-13-10-14-18-24/h9-22H,1-8H3. The molecule has 5 heteroatoms. The van der Waals surface area contributed by atoms with Crippen molar-refractivity contribution in [1.82, 2.24) is 9.62 Å². The van der Waals surface area contributed by atoms with Crippen LogP contribution < -0.4 is 4.81 Å². The molecule has 0 heterocycles. The quantitative estimate of drug-likeness (QED) is 0.485. The molecule has 0 saturated carbocycles. The van der Waals surface area contributed by atoms with E-state index in [1.54, 1.807) is 0 Å². The van der Waals surface area contributed by atoms with Gasteiger partial charge in [0.05, 0.1) is 0 Å². The van der Waals surface area contributed by atoms with Gasteiger partial charge in [0.1, 0.15) is 0 Å². The molecule has 2 aromatic carbocycles. The fourth-order valence-electron chi connectivity index (χ4n) is 4.21. The molecule has 0 saturated heterocycles. The van der Waals surface area contributed by atoms with Gasteiger partial charge >= 0.3 is 6.87 Å². The van der Waals surface area contributed by atoms with Gasteiger partial charge in [-0.05, 0) is 48.4 Å². The summed E-state index contributed by atoms with van der Waals surface area (Å²) in [6.07, 6.45) is 0. The van der Waals surface area contributed by atoms with Crippen LogP contribution in [0.4, 0.5) is 11.4 Å². The van der Waals surface area contributed by atoms with Crippen LogP contribution in [0.25, 0.3) is 0 Å². The van der Waals surface area contributed by atoms with E-state index in [2.05, 4.69) is 138 Å². The highest BCUT2D eigenvalue weighted by Gasteiger charge is 2.38. The molecule has 0 amide bonds. The van der Waals surface area contributed by atoms with E-state index in [9.17, 15) is 0 Å². The molecule has 0 aliphatic carbocycles. The molecule has 0 N–H and O–H groups in total. The summed E-state index contributed by atoms with van der Waals surface area (Å²) in [4.78, 5) is 7.55. The van der Waals surface area contributed by atoms with Crippen LogP contribution in [0.15, 0.2) is 60.7 Å². The summed E-state index contributed by atoms with van der Waals surface area (Å²) in [6.45, 7) is 18.4. The van der Waals surface area contributed by atoms with Crippen molar-refractivity contribution in [2.45, 2.75) is 79.6 Å². The third kappa shape index (κ3) is 6.13. The zero-order valence-corrected chi connectivity index (χ0v) is 19.6. The normalized spacial score (nSPS) is 11.9. The first-order valence-electron chi connectivity index (χ1n) is 11.0. The minimum atomic E-state index is 0.101. The number of hydrogen-bond acceptors (Lipinski definition) is 3. The SMILES string of the molecule is CC(C)N([B]B(N(c1ccccc1)c1ccccc1)N(C(C)C)C(C)C)C(C)C. The highest BCUT2D eigenvalue weighted by atomic mass is 15.3. The molecule has 0 fully saturated rings. The van der Waals surface area contributed by atoms with Crippen molar-refractivity contribution in [3.05, 3.63) is 60.7 Å². The van der Waals surface area contributed by atoms with Crippen LogP contribution in [0.3, 0.4) is 0 Å². The lowest BCUT2D eigenvalue weighted by Gasteiger charge is -2.46.